The Balaban J connectivity index is 1.80. The van der Waals surface area contributed by atoms with Crippen LogP contribution in [0.3, 0.4) is 0 Å². The Morgan fingerprint density at radius 3 is 2.29 bits per heavy atom. The Hall–Kier alpha value is -2.40. The van der Waals surface area contributed by atoms with Gasteiger partial charge in [0.05, 0.1) is 4.90 Å². The van der Waals surface area contributed by atoms with Crippen molar-refractivity contribution in [2.24, 2.45) is 0 Å². The van der Waals surface area contributed by atoms with Crippen molar-refractivity contribution in [1.29, 1.82) is 0 Å². The lowest BCUT2D eigenvalue weighted by Gasteiger charge is -2.26. The fourth-order valence-electron chi connectivity index (χ4n) is 2.75. The van der Waals surface area contributed by atoms with Crippen molar-refractivity contribution in [3.05, 3.63) is 77.4 Å². The summed E-state index contributed by atoms with van der Waals surface area (Å²) in [7, 11) is -3.79. The van der Waals surface area contributed by atoms with Gasteiger partial charge in [-0.1, -0.05) is 53.6 Å². The van der Waals surface area contributed by atoms with E-state index in [0.717, 1.165) is 21.0 Å². The van der Waals surface area contributed by atoms with Crippen LogP contribution in [-0.2, 0) is 21.2 Å². The highest BCUT2D eigenvalue weighted by Gasteiger charge is 2.30. The minimum absolute atomic E-state index is 0.154. The van der Waals surface area contributed by atoms with Gasteiger partial charge in [0.2, 0.25) is 0 Å². The van der Waals surface area contributed by atoms with E-state index in [4.69, 9.17) is 0 Å². The summed E-state index contributed by atoms with van der Waals surface area (Å²) in [6.45, 7) is 2.08. The molecule has 24 heavy (non-hydrogen) atoms. The monoisotopic (exact) mass is 341 g/mol. The van der Waals surface area contributed by atoms with Gasteiger partial charge >= 0.3 is 0 Å². The number of aryl methyl sites for hydroxylation is 1. The number of rotatable bonds is 4. The maximum Gasteiger partial charge on any atom is 0.266 e. The molecule has 0 unspecified atom stereocenters. The molecule has 0 atom stereocenters. The first-order valence-electron chi connectivity index (χ1n) is 7.83. The van der Waals surface area contributed by atoms with Gasteiger partial charge in [-0.2, -0.15) is 0 Å². The number of benzene rings is 2. The molecule has 124 valence electrons. The second-order valence-electron chi connectivity index (χ2n) is 5.94. The predicted octanol–water partition coefficient (Wildman–Crippen LogP) is 3.09. The van der Waals surface area contributed by atoms with E-state index >= 15 is 0 Å². The standard InChI is InChI=1S/C19H19NO3S/c1-15-7-9-18(10-8-15)24(22,23)20-12-11-17(14-19(20)21)13-16-5-3-2-4-6-16/h2-10,14H,11-13H2,1H3. The van der Waals surface area contributed by atoms with E-state index < -0.39 is 15.9 Å². The quantitative estimate of drug-likeness (QED) is 0.859. The Morgan fingerprint density at radius 2 is 1.67 bits per heavy atom. The molecule has 1 heterocycles. The van der Waals surface area contributed by atoms with E-state index in [9.17, 15) is 13.2 Å². The van der Waals surface area contributed by atoms with Gasteiger partial charge in [-0.3, -0.25) is 4.79 Å². The van der Waals surface area contributed by atoms with Gasteiger partial charge in [-0.15, -0.1) is 0 Å². The molecule has 4 nitrogen and oxygen atoms in total. The van der Waals surface area contributed by atoms with Gasteiger partial charge in [-0.05, 0) is 37.5 Å². The van der Waals surface area contributed by atoms with Crippen LogP contribution in [0.2, 0.25) is 0 Å². The summed E-state index contributed by atoms with van der Waals surface area (Å²) in [6.07, 6.45) is 2.69. The van der Waals surface area contributed by atoms with Gasteiger partial charge in [0, 0.05) is 12.6 Å². The normalized spacial score (nSPS) is 15.3. The van der Waals surface area contributed by atoms with Crippen molar-refractivity contribution in [1.82, 2.24) is 4.31 Å². The minimum atomic E-state index is -3.79. The molecule has 0 saturated heterocycles. The molecule has 0 aliphatic carbocycles. The Kier molecular flexibility index (Phi) is 4.53. The highest BCUT2D eigenvalue weighted by Crippen LogP contribution is 2.23. The average molecular weight is 341 g/mol. The molecule has 1 aliphatic heterocycles. The molecule has 0 radical (unpaired) electrons. The van der Waals surface area contributed by atoms with Crippen LogP contribution in [-0.4, -0.2) is 25.2 Å². The molecule has 0 fully saturated rings. The molecule has 1 amide bonds. The molecule has 0 saturated carbocycles. The van der Waals surface area contributed by atoms with Gasteiger partial charge in [0.25, 0.3) is 15.9 Å². The Bertz CT molecular complexity index is 869. The molecule has 3 rings (SSSR count). The summed E-state index contributed by atoms with van der Waals surface area (Å²) < 4.78 is 26.3. The lowest BCUT2D eigenvalue weighted by Crippen LogP contribution is -2.39. The van der Waals surface area contributed by atoms with E-state index in [0.29, 0.717) is 12.8 Å². The smallest absolute Gasteiger partial charge is 0.266 e. The number of carbonyl (C=O) groups is 1. The van der Waals surface area contributed by atoms with Crippen LogP contribution in [0.15, 0.2) is 71.1 Å². The van der Waals surface area contributed by atoms with Crippen molar-refractivity contribution in [3.8, 4) is 0 Å². The van der Waals surface area contributed by atoms with Crippen LogP contribution >= 0.6 is 0 Å². The Morgan fingerprint density at radius 1 is 1.00 bits per heavy atom. The SMILES string of the molecule is Cc1ccc(S(=O)(=O)N2CCC(Cc3ccccc3)=CC2=O)cc1. The number of sulfonamides is 1. The largest absolute Gasteiger partial charge is 0.269 e. The Labute approximate surface area is 142 Å². The topological polar surface area (TPSA) is 54.5 Å². The zero-order valence-corrected chi connectivity index (χ0v) is 14.3. The first-order chi connectivity index (χ1) is 11.5. The van der Waals surface area contributed by atoms with E-state index in [1.807, 2.05) is 37.3 Å². The third kappa shape index (κ3) is 3.41. The molecular formula is C19H19NO3S. The van der Waals surface area contributed by atoms with Crippen LogP contribution in [0.1, 0.15) is 17.5 Å². The van der Waals surface area contributed by atoms with E-state index in [1.165, 1.54) is 6.08 Å². The van der Waals surface area contributed by atoms with Crippen molar-refractivity contribution < 1.29 is 13.2 Å². The summed E-state index contributed by atoms with van der Waals surface area (Å²) in [5.41, 5.74) is 3.05. The average Bonchev–Trinajstić information content (AvgIpc) is 2.56. The zero-order valence-electron chi connectivity index (χ0n) is 13.5. The van der Waals surface area contributed by atoms with Crippen molar-refractivity contribution >= 4 is 15.9 Å². The third-order valence-electron chi connectivity index (χ3n) is 4.09. The third-order valence-corrected chi connectivity index (χ3v) is 5.90. The van der Waals surface area contributed by atoms with Crippen LogP contribution in [0.5, 0.6) is 0 Å². The first-order valence-corrected chi connectivity index (χ1v) is 9.27. The summed E-state index contributed by atoms with van der Waals surface area (Å²) in [6, 6.07) is 16.4. The summed E-state index contributed by atoms with van der Waals surface area (Å²) >= 11 is 0. The van der Waals surface area contributed by atoms with Gasteiger partial charge in [-0.25, -0.2) is 12.7 Å². The van der Waals surface area contributed by atoms with Crippen molar-refractivity contribution in [2.75, 3.05) is 6.54 Å². The van der Waals surface area contributed by atoms with Gasteiger partial charge in [0.1, 0.15) is 0 Å². The lowest BCUT2D eigenvalue weighted by atomic mass is 10.0. The maximum absolute atomic E-state index is 12.6. The predicted molar refractivity (Wildman–Crippen MR) is 92.9 cm³/mol. The molecule has 0 N–H and O–H groups in total. The zero-order chi connectivity index (χ0) is 17.2. The molecule has 2 aromatic rings. The molecular weight excluding hydrogens is 322 g/mol. The van der Waals surface area contributed by atoms with Gasteiger partial charge in [0.15, 0.2) is 0 Å². The number of carbonyl (C=O) groups excluding carboxylic acids is 1. The van der Waals surface area contributed by atoms with Gasteiger partial charge < -0.3 is 0 Å². The second kappa shape index (κ2) is 6.61. The number of hydrogen-bond donors (Lipinski definition) is 0. The summed E-state index contributed by atoms with van der Waals surface area (Å²) in [5.74, 6) is -0.465. The fraction of sp³-hybridized carbons (Fsp3) is 0.211. The molecule has 0 bridgehead atoms. The summed E-state index contributed by atoms with van der Waals surface area (Å²) in [4.78, 5) is 12.5. The van der Waals surface area contributed by atoms with Crippen LogP contribution in [0, 0.1) is 6.92 Å². The summed E-state index contributed by atoms with van der Waals surface area (Å²) in [5, 5.41) is 0. The first kappa shape index (κ1) is 16.5. The number of nitrogens with zero attached hydrogens (tertiary/aromatic N) is 1. The molecule has 1 aliphatic rings. The second-order valence-corrected chi connectivity index (χ2v) is 7.81. The van der Waals surface area contributed by atoms with E-state index in [1.54, 1.807) is 24.3 Å². The van der Waals surface area contributed by atoms with Crippen LogP contribution in [0.4, 0.5) is 0 Å². The molecule has 0 spiro atoms. The highest BCUT2D eigenvalue weighted by molar-refractivity contribution is 7.89. The van der Waals surface area contributed by atoms with Crippen molar-refractivity contribution in [3.63, 3.8) is 0 Å². The number of amides is 1. The maximum atomic E-state index is 12.6. The lowest BCUT2D eigenvalue weighted by molar-refractivity contribution is -0.122. The highest BCUT2D eigenvalue weighted by atomic mass is 32.2. The minimum Gasteiger partial charge on any atom is -0.269 e. The fourth-order valence-corrected chi connectivity index (χ4v) is 4.10. The van der Waals surface area contributed by atoms with E-state index in [2.05, 4.69) is 0 Å². The van der Waals surface area contributed by atoms with Crippen LogP contribution in [0.25, 0.3) is 0 Å². The van der Waals surface area contributed by atoms with Crippen molar-refractivity contribution in [2.45, 2.75) is 24.7 Å². The number of hydrogen-bond acceptors (Lipinski definition) is 3. The molecule has 0 aromatic heterocycles. The molecule has 5 heteroatoms. The van der Waals surface area contributed by atoms with Crippen LogP contribution < -0.4 is 0 Å². The molecule has 2 aromatic carbocycles. The van der Waals surface area contributed by atoms with E-state index in [-0.39, 0.29) is 11.4 Å².